The Hall–Kier alpha value is -0.400. The second-order valence-corrected chi connectivity index (χ2v) is 16.0. The van der Waals surface area contributed by atoms with Crippen molar-refractivity contribution in [3.63, 3.8) is 0 Å². The van der Waals surface area contributed by atoms with Gasteiger partial charge in [-0.1, -0.05) is 73.0 Å². The molecule has 4 rings (SSSR count). The number of allylic oxidation sites excluding steroid dienone is 4. The first kappa shape index (κ1) is 23.6. The molecule has 0 radical (unpaired) electrons. The van der Waals surface area contributed by atoms with Crippen LogP contribution >= 0.6 is 0 Å². The summed E-state index contributed by atoms with van der Waals surface area (Å²) in [4.78, 5) is 0. The molecule has 0 nitrogen and oxygen atoms in total. The molecule has 0 spiro atoms. The third-order valence-corrected chi connectivity index (χ3v) is 4.41. The number of rotatable bonds is 2. The van der Waals surface area contributed by atoms with Gasteiger partial charge in [-0.3, -0.25) is 0 Å². The van der Waals surface area contributed by atoms with Crippen LogP contribution in [0.2, 0.25) is 13.1 Å². The van der Waals surface area contributed by atoms with Crippen LogP contribution in [0.3, 0.4) is 0 Å². The van der Waals surface area contributed by atoms with Crippen molar-refractivity contribution in [2.45, 2.75) is 38.8 Å². The largest absolute Gasteiger partial charge is 1.00 e. The van der Waals surface area contributed by atoms with Gasteiger partial charge in [-0.2, -0.15) is 17.7 Å². The summed E-state index contributed by atoms with van der Waals surface area (Å²) in [5, 5.41) is 0. The summed E-state index contributed by atoms with van der Waals surface area (Å²) in [6, 6.07) is 14.9. The van der Waals surface area contributed by atoms with Crippen LogP contribution in [0.4, 0.5) is 0 Å². The summed E-state index contributed by atoms with van der Waals surface area (Å²) >= 11 is 1.74. The van der Waals surface area contributed by atoms with E-state index in [2.05, 4.69) is 80.7 Å². The number of aryl methyl sites for hydroxylation is 1. The molecule has 0 saturated heterocycles. The standard InChI is InChI=1S/C20H17.C2H6Si.2ClH.Zr/c1-2-14-12-20-17(11-16-9-5-6-10-18(16)20)13-19(14)15-7-3-4-8-15;1-3-2;;;/h3-10,12,15H,2,11H2,1H3;1-2H3;2*1H;/q-1;;;;+2/p-2. The van der Waals surface area contributed by atoms with Gasteiger partial charge in [0.05, 0.1) is 0 Å². The van der Waals surface area contributed by atoms with E-state index in [1.807, 2.05) is 0 Å². The monoisotopic (exact) mass is 475 g/mol. The Kier molecular flexibility index (Phi) is 9.83. The smallest absolute Gasteiger partial charge is 1.00 e. The normalized spacial score (nSPS) is 13.1. The minimum atomic E-state index is 0. The van der Waals surface area contributed by atoms with Crippen LogP contribution in [-0.4, -0.2) is 5.43 Å². The van der Waals surface area contributed by atoms with Crippen LogP contribution < -0.4 is 24.8 Å². The van der Waals surface area contributed by atoms with E-state index in [0.717, 1.165) is 12.8 Å². The van der Waals surface area contributed by atoms with Crippen LogP contribution in [0, 0.1) is 6.07 Å². The molecule has 0 aliphatic heterocycles. The molecular weight excluding hydrogens is 454 g/mol. The molecule has 0 atom stereocenters. The molecular formula is C22H23Cl2SiZr-. The minimum absolute atomic E-state index is 0. The van der Waals surface area contributed by atoms with Crippen molar-refractivity contribution in [2.75, 3.05) is 0 Å². The fourth-order valence-corrected chi connectivity index (χ4v) is 3.37. The van der Waals surface area contributed by atoms with Crippen molar-refractivity contribution in [2.24, 2.45) is 0 Å². The molecule has 2 aromatic carbocycles. The summed E-state index contributed by atoms with van der Waals surface area (Å²) in [5.41, 5.74) is 8.61. The molecule has 0 amide bonds. The van der Waals surface area contributed by atoms with Gasteiger partial charge in [-0.15, -0.1) is 16.7 Å². The van der Waals surface area contributed by atoms with Crippen LogP contribution in [0.1, 0.15) is 35.1 Å². The molecule has 2 aliphatic rings. The van der Waals surface area contributed by atoms with Crippen LogP contribution in [-0.2, 0) is 36.2 Å². The van der Waals surface area contributed by atoms with E-state index in [9.17, 15) is 0 Å². The van der Waals surface area contributed by atoms with Crippen molar-refractivity contribution >= 4 is 5.43 Å². The fraction of sp³-hybridized carbons (Fsp3) is 0.273. The zero-order valence-electron chi connectivity index (χ0n) is 15.4. The van der Waals surface area contributed by atoms with Crippen LogP contribution in [0.25, 0.3) is 11.1 Å². The van der Waals surface area contributed by atoms with E-state index in [-0.39, 0.29) is 30.2 Å². The number of hydrogen-bond acceptors (Lipinski definition) is 0. The molecule has 0 bridgehead atoms. The summed E-state index contributed by atoms with van der Waals surface area (Å²) in [5.74, 6) is 0.416. The Morgan fingerprint density at radius 1 is 1.08 bits per heavy atom. The van der Waals surface area contributed by atoms with E-state index in [4.69, 9.17) is 0 Å². The molecule has 2 aromatic rings. The minimum Gasteiger partial charge on any atom is -1.00 e. The Morgan fingerprint density at radius 3 is 2.31 bits per heavy atom. The summed E-state index contributed by atoms with van der Waals surface area (Å²) in [6.45, 7) is 6.86. The molecule has 0 fully saturated rings. The fourth-order valence-electron chi connectivity index (χ4n) is 3.37. The molecule has 0 heterocycles. The van der Waals surface area contributed by atoms with Crippen LogP contribution in [0.5, 0.6) is 0 Å². The maximum atomic E-state index is 3.73. The van der Waals surface area contributed by atoms with E-state index in [0.29, 0.717) is 5.92 Å². The summed E-state index contributed by atoms with van der Waals surface area (Å²) < 4.78 is 0. The first-order valence-corrected chi connectivity index (χ1v) is 14.8. The quantitative estimate of drug-likeness (QED) is 0.349. The van der Waals surface area contributed by atoms with Gasteiger partial charge in [0.25, 0.3) is 0 Å². The van der Waals surface area contributed by atoms with Crippen molar-refractivity contribution in [3.8, 4) is 11.1 Å². The second-order valence-electron chi connectivity index (χ2n) is 6.58. The zero-order valence-corrected chi connectivity index (χ0v) is 20.4. The van der Waals surface area contributed by atoms with Gasteiger partial charge >= 0.3 is 41.9 Å². The summed E-state index contributed by atoms with van der Waals surface area (Å²) in [7, 11) is 0. The second kappa shape index (κ2) is 10.8. The maximum Gasteiger partial charge on any atom is -1.00 e. The van der Waals surface area contributed by atoms with Crippen LogP contribution in [0.15, 0.2) is 54.6 Å². The number of fused-ring (bicyclic) bond motifs is 3. The number of hydrogen-bond donors (Lipinski definition) is 0. The predicted molar refractivity (Wildman–Crippen MR) is 101 cm³/mol. The Balaban J connectivity index is 0.000000516. The maximum absolute atomic E-state index is 3.73. The molecule has 0 saturated carbocycles. The SMILES string of the molecule is CCc1cc2c([c-]c1C1C=CC=C1)Cc1ccccc1-2.C[Si](C)=[Zr+2].[Cl-].[Cl-]. The van der Waals surface area contributed by atoms with Gasteiger partial charge in [0.2, 0.25) is 0 Å². The van der Waals surface area contributed by atoms with E-state index < -0.39 is 0 Å². The summed E-state index contributed by atoms with van der Waals surface area (Å²) in [6.07, 6.45) is 10.9. The van der Waals surface area contributed by atoms with Gasteiger partial charge in [0.1, 0.15) is 0 Å². The molecule has 0 aromatic heterocycles. The average molecular weight is 478 g/mol. The van der Waals surface area contributed by atoms with Crippen molar-refractivity contribution in [1.82, 2.24) is 0 Å². The molecule has 0 N–H and O–H groups in total. The Bertz CT molecular complexity index is 824. The molecule has 2 aliphatic carbocycles. The van der Waals surface area contributed by atoms with Crippen molar-refractivity contribution < 1.29 is 48.1 Å². The van der Waals surface area contributed by atoms with Crippen molar-refractivity contribution in [3.05, 3.63) is 83.0 Å². The Labute approximate surface area is 185 Å². The van der Waals surface area contributed by atoms with Gasteiger partial charge in [0, 0.05) is 0 Å². The third-order valence-electron chi connectivity index (χ3n) is 4.41. The predicted octanol–water partition coefficient (Wildman–Crippen LogP) is -0.378. The zero-order chi connectivity index (χ0) is 17.1. The molecule has 0 unspecified atom stereocenters. The topological polar surface area (TPSA) is 0 Å². The number of benzene rings is 2. The van der Waals surface area contributed by atoms with E-state index in [1.54, 1.807) is 23.3 Å². The van der Waals surface area contributed by atoms with Crippen molar-refractivity contribution in [1.29, 1.82) is 0 Å². The van der Waals surface area contributed by atoms with Gasteiger partial charge in [-0.25, -0.2) is 0 Å². The molecule has 4 heteroatoms. The Morgan fingerprint density at radius 2 is 1.69 bits per heavy atom. The molecule has 134 valence electrons. The van der Waals surface area contributed by atoms with Gasteiger partial charge in [-0.05, 0) is 12.3 Å². The van der Waals surface area contributed by atoms with E-state index in [1.165, 1.54) is 33.4 Å². The molecule has 26 heavy (non-hydrogen) atoms. The third kappa shape index (κ3) is 5.32. The number of halogens is 2. The first-order valence-electron chi connectivity index (χ1n) is 8.63. The van der Waals surface area contributed by atoms with Gasteiger partial charge in [0.15, 0.2) is 0 Å². The van der Waals surface area contributed by atoms with E-state index >= 15 is 0 Å². The first-order chi connectivity index (χ1) is 11.6. The average Bonchev–Trinajstić information content (AvgIpc) is 3.20. The van der Waals surface area contributed by atoms with Gasteiger partial charge < -0.3 is 24.8 Å².